The Bertz CT molecular complexity index is 232. The zero-order valence-corrected chi connectivity index (χ0v) is 9.74. The van der Waals surface area contributed by atoms with Gasteiger partial charge in [-0.3, -0.25) is 4.90 Å². The van der Waals surface area contributed by atoms with Crippen molar-refractivity contribution < 1.29 is 4.74 Å². The molecule has 0 aromatic carbocycles. The first-order chi connectivity index (χ1) is 7.30. The van der Waals surface area contributed by atoms with Gasteiger partial charge in [0, 0.05) is 37.9 Å². The van der Waals surface area contributed by atoms with Gasteiger partial charge in [-0.25, -0.2) is 0 Å². The highest BCUT2D eigenvalue weighted by Gasteiger charge is 2.50. The van der Waals surface area contributed by atoms with E-state index in [-0.39, 0.29) is 0 Å². The molecule has 3 heteroatoms. The summed E-state index contributed by atoms with van der Waals surface area (Å²) in [5.41, 5.74) is 0.566. The molecule has 0 aromatic rings. The second-order valence-electron chi connectivity index (χ2n) is 5.54. The number of likely N-dealkylation sites (N-methyl/N-ethyl adjacent to an activating group) is 1. The molecule has 3 saturated heterocycles. The Morgan fingerprint density at radius 3 is 2.60 bits per heavy atom. The first-order valence-corrected chi connectivity index (χ1v) is 6.33. The summed E-state index contributed by atoms with van der Waals surface area (Å²) in [6.07, 6.45) is 5.34. The molecular weight excluding hydrogens is 188 g/mol. The van der Waals surface area contributed by atoms with Crippen LogP contribution in [0.2, 0.25) is 0 Å². The fraction of sp³-hybridized carbons (Fsp3) is 1.00. The maximum absolute atomic E-state index is 5.46. The van der Waals surface area contributed by atoms with Crippen LogP contribution in [0.5, 0.6) is 0 Å². The van der Waals surface area contributed by atoms with E-state index in [1.165, 1.54) is 45.3 Å². The van der Waals surface area contributed by atoms with E-state index in [0.717, 1.165) is 19.3 Å². The van der Waals surface area contributed by atoms with Gasteiger partial charge in [-0.1, -0.05) is 0 Å². The van der Waals surface area contributed by atoms with Crippen molar-refractivity contribution in [2.45, 2.75) is 37.3 Å². The highest BCUT2D eigenvalue weighted by Crippen LogP contribution is 2.39. The smallest absolute Gasteiger partial charge is 0.0480 e. The van der Waals surface area contributed by atoms with Crippen LogP contribution in [-0.4, -0.2) is 61.3 Å². The van der Waals surface area contributed by atoms with Crippen LogP contribution in [0.3, 0.4) is 0 Å². The molecule has 0 N–H and O–H groups in total. The van der Waals surface area contributed by atoms with Crippen LogP contribution in [0.25, 0.3) is 0 Å². The number of hydrogen-bond donors (Lipinski definition) is 0. The molecule has 86 valence electrons. The highest BCUT2D eigenvalue weighted by atomic mass is 16.5. The molecule has 0 saturated carbocycles. The van der Waals surface area contributed by atoms with E-state index in [0.29, 0.717) is 5.54 Å². The summed E-state index contributed by atoms with van der Waals surface area (Å²) >= 11 is 0. The van der Waals surface area contributed by atoms with E-state index >= 15 is 0 Å². The summed E-state index contributed by atoms with van der Waals surface area (Å²) in [6.45, 7) is 5.88. The van der Waals surface area contributed by atoms with Crippen molar-refractivity contribution in [2.75, 3.05) is 39.9 Å². The summed E-state index contributed by atoms with van der Waals surface area (Å²) in [5, 5.41) is 0. The van der Waals surface area contributed by atoms with Gasteiger partial charge in [-0.15, -0.1) is 0 Å². The standard InChI is InChI=1S/C12H22N2O/c1-13-9-12(10-13)5-2-6-14(12)11-3-7-15-8-4-11/h11H,2-10H2,1H3. The third kappa shape index (κ3) is 1.61. The number of hydrogen-bond acceptors (Lipinski definition) is 3. The molecule has 0 aliphatic carbocycles. The number of nitrogens with zero attached hydrogens (tertiary/aromatic N) is 2. The number of likely N-dealkylation sites (tertiary alicyclic amines) is 2. The zero-order valence-electron chi connectivity index (χ0n) is 9.74. The highest BCUT2D eigenvalue weighted by molar-refractivity contribution is 5.08. The molecule has 3 fully saturated rings. The van der Waals surface area contributed by atoms with Crippen LogP contribution in [0.15, 0.2) is 0 Å². The van der Waals surface area contributed by atoms with E-state index in [1.807, 2.05) is 0 Å². The topological polar surface area (TPSA) is 15.7 Å². The molecule has 0 amide bonds. The first-order valence-electron chi connectivity index (χ1n) is 6.33. The molecule has 3 aliphatic rings. The van der Waals surface area contributed by atoms with Gasteiger partial charge >= 0.3 is 0 Å². The molecule has 0 atom stereocenters. The van der Waals surface area contributed by atoms with E-state index in [2.05, 4.69) is 16.8 Å². The van der Waals surface area contributed by atoms with E-state index < -0.39 is 0 Å². The quantitative estimate of drug-likeness (QED) is 0.641. The van der Waals surface area contributed by atoms with Gasteiger partial charge < -0.3 is 9.64 Å². The van der Waals surface area contributed by atoms with E-state index in [9.17, 15) is 0 Å². The zero-order chi connectivity index (χ0) is 10.3. The predicted molar refractivity (Wildman–Crippen MR) is 60.0 cm³/mol. The molecule has 0 radical (unpaired) electrons. The van der Waals surface area contributed by atoms with Crippen molar-refractivity contribution in [3.8, 4) is 0 Å². The van der Waals surface area contributed by atoms with Crippen molar-refractivity contribution in [2.24, 2.45) is 0 Å². The Kier molecular flexibility index (Phi) is 2.49. The minimum atomic E-state index is 0.566. The second kappa shape index (κ2) is 3.72. The lowest BCUT2D eigenvalue weighted by Crippen LogP contribution is -2.68. The lowest BCUT2D eigenvalue weighted by molar-refractivity contribution is -0.0628. The molecule has 3 rings (SSSR count). The molecule has 0 unspecified atom stereocenters. The SMILES string of the molecule is CN1CC2(CCCN2C2CCOCC2)C1. The average Bonchev–Trinajstić information content (AvgIpc) is 2.63. The summed E-state index contributed by atoms with van der Waals surface area (Å²) in [7, 11) is 2.24. The largest absolute Gasteiger partial charge is 0.381 e. The molecule has 3 heterocycles. The van der Waals surface area contributed by atoms with E-state index in [1.54, 1.807) is 0 Å². The van der Waals surface area contributed by atoms with Crippen LogP contribution in [0.4, 0.5) is 0 Å². The lowest BCUT2D eigenvalue weighted by atomic mass is 9.86. The molecule has 0 aromatic heterocycles. The minimum absolute atomic E-state index is 0.566. The molecule has 1 spiro atoms. The Hall–Kier alpha value is -0.120. The van der Waals surface area contributed by atoms with Gasteiger partial charge in [-0.2, -0.15) is 0 Å². The Morgan fingerprint density at radius 2 is 1.93 bits per heavy atom. The van der Waals surface area contributed by atoms with Gasteiger partial charge in [0.25, 0.3) is 0 Å². The summed E-state index contributed by atoms with van der Waals surface area (Å²) < 4.78 is 5.46. The van der Waals surface area contributed by atoms with Crippen LogP contribution in [0.1, 0.15) is 25.7 Å². The number of ether oxygens (including phenoxy) is 1. The van der Waals surface area contributed by atoms with Gasteiger partial charge in [-0.05, 0) is 39.3 Å². The Morgan fingerprint density at radius 1 is 1.20 bits per heavy atom. The molecule has 0 bridgehead atoms. The normalized spacial score (nSPS) is 33.4. The Balaban J connectivity index is 1.68. The van der Waals surface area contributed by atoms with Crippen LogP contribution in [0, 0.1) is 0 Å². The van der Waals surface area contributed by atoms with Crippen LogP contribution >= 0.6 is 0 Å². The van der Waals surface area contributed by atoms with Crippen molar-refractivity contribution in [1.29, 1.82) is 0 Å². The van der Waals surface area contributed by atoms with Crippen LogP contribution < -0.4 is 0 Å². The fourth-order valence-electron chi connectivity index (χ4n) is 3.82. The van der Waals surface area contributed by atoms with Crippen molar-refractivity contribution in [1.82, 2.24) is 9.80 Å². The third-order valence-corrected chi connectivity index (χ3v) is 4.41. The van der Waals surface area contributed by atoms with Crippen molar-refractivity contribution >= 4 is 0 Å². The van der Waals surface area contributed by atoms with Gasteiger partial charge in [0.2, 0.25) is 0 Å². The van der Waals surface area contributed by atoms with Gasteiger partial charge in [0.15, 0.2) is 0 Å². The summed E-state index contributed by atoms with van der Waals surface area (Å²) in [6, 6.07) is 0.815. The summed E-state index contributed by atoms with van der Waals surface area (Å²) in [5.74, 6) is 0. The van der Waals surface area contributed by atoms with Crippen molar-refractivity contribution in [3.05, 3.63) is 0 Å². The average molecular weight is 210 g/mol. The minimum Gasteiger partial charge on any atom is -0.381 e. The van der Waals surface area contributed by atoms with Crippen LogP contribution in [-0.2, 0) is 4.74 Å². The first kappa shape index (κ1) is 10.1. The Labute approximate surface area is 92.4 Å². The molecule has 3 aliphatic heterocycles. The second-order valence-corrected chi connectivity index (χ2v) is 5.54. The monoisotopic (exact) mass is 210 g/mol. The maximum Gasteiger partial charge on any atom is 0.0480 e. The third-order valence-electron chi connectivity index (χ3n) is 4.41. The summed E-state index contributed by atoms with van der Waals surface area (Å²) in [4.78, 5) is 5.27. The molecule has 15 heavy (non-hydrogen) atoms. The van der Waals surface area contributed by atoms with E-state index in [4.69, 9.17) is 4.74 Å². The van der Waals surface area contributed by atoms with Crippen molar-refractivity contribution in [3.63, 3.8) is 0 Å². The van der Waals surface area contributed by atoms with Gasteiger partial charge in [0.05, 0.1) is 0 Å². The van der Waals surface area contributed by atoms with Gasteiger partial charge in [0.1, 0.15) is 0 Å². The maximum atomic E-state index is 5.46. The number of rotatable bonds is 1. The molecular formula is C12H22N2O. The lowest BCUT2D eigenvalue weighted by Gasteiger charge is -2.54. The predicted octanol–water partition coefficient (Wildman–Crippen LogP) is 0.945. The molecule has 3 nitrogen and oxygen atoms in total. The fourth-order valence-corrected chi connectivity index (χ4v) is 3.82.